The van der Waals surface area contributed by atoms with Gasteiger partial charge in [-0.2, -0.15) is 13.2 Å². The molecule has 0 radical (unpaired) electrons. The zero-order valence-corrected chi connectivity index (χ0v) is 19.7. The van der Waals surface area contributed by atoms with Crippen molar-refractivity contribution in [1.82, 2.24) is 0 Å². The van der Waals surface area contributed by atoms with Gasteiger partial charge in [0.05, 0.1) is 12.2 Å². The number of allylic oxidation sites excluding steroid dienone is 6. The van der Waals surface area contributed by atoms with Crippen LogP contribution in [-0.4, -0.2) is 39.3 Å². The van der Waals surface area contributed by atoms with Crippen LogP contribution < -0.4 is 0 Å². The van der Waals surface area contributed by atoms with Crippen molar-refractivity contribution in [3.05, 3.63) is 47.1 Å². The first-order valence-electron chi connectivity index (χ1n) is 12.3. The Morgan fingerprint density at radius 2 is 1.76 bits per heavy atom. The molecule has 3 N–H and O–H groups in total. The molecular weight excluding hydrogens is 429 g/mol. The second-order valence-electron chi connectivity index (χ2n) is 11.2. The van der Waals surface area contributed by atoms with E-state index in [4.69, 9.17) is 0 Å². The average Bonchev–Trinajstić information content (AvgIpc) is 3.37. The van der Waals surface area contributed by atoms with E-state index in [9.17, 15) is 28.5 Å². The zero-order valence-electron chi connectivity index (χ0n) is 19.7. The van der Waals surface area contributed by atoms with E-state index in [0.717, 1.165) is 57.1 Å². The monoisotopic (exact) mass is 466 g/mol. The van der Waals surface area contributed by atoms with Crippen molar-refractivity contribution in [1.29, 1.82) is 0 Å². The third kappa shape index (κ3) is 4.89. The summed E-state index contributed by atoms with van der Waals surface area (Å²) >= 11 is 0. The maximum absolute atomic E-state index is 13.0. The molecule has 0 heterocycles. The summed E-state index contributed by atoms with van der Waals surface area (Å²) in [5.74, 6) is 0.399. The number of aliphatic hydroxyl groups excluding tert-OH is 2. The van der Waals surface area contributed by atoms with E-state index in [1.807, 2.05) is 0 Å². The van der Waals surface area contributed by atoms with E-state index in [0.29, 0.717) is 31.6 Å². The molecule has 3 saturated carbocycles. The van der Waals surface area contributed by atoms with Gasteiger partial charge in [-0.15, -0.1) is 0 Å². The van der Waals surface area contributed by atoms with Gasteiger partial charge in [-0.1, -0.05) is 47.9 Å². The number of halogens is 3. The number of aliphatic hydroxyl groups is 3. The van der Waals surface area contributed by atoms with Crippen LogP contribution >= 0.6 is 0 Å². The lowest BCUT2D eigenvalue weighted by molar-refractivity contribution is -0.232. The second kappa shape index (κ2) is 8.69. The Morgan fingerprint density at radius 3 is 2.36 bits per heavy atom. The maximum atomic E-state index is 13.0. The van der Waals surface area contributed by atoms with Crippen molar-refractivity contribution in [2.24, 2.45) is 16.7 Å². The van der Waals surface area contributed by atoms with Crippen LogP contribution in [0.1, 0.15) is 78.1 Å². The van der Waals surface area contributed by atoms with Gasteiger partial charge in [-0.25, -0.2) is 0 Å². The highest BCUT2D eigenvalue weighted by Gasteiger charge is 2.56. The van der Waals surface area contributed by atoms with Gasteiger partial charge in [0, 0.05) is 0 Å². The van der Waals surface area contributed by atoms with Crippen molar-refractivity contribution in [2.75, 3.05) is 0 Å². The molecule has 4 aliphatic carbocycles. The number of fused-ring (bicyclic) bond motifs is 1. The summed E-state index contributed by atoms with van der Waals surface area (Å²) in [6.45, 7) is 3.12. The molecular formula is C27H37F3O3. The van der Waals surface area contributed by atoms with Crippen LogP contribution in [0.2, 0.25) is 0 Å². The summed E-state index contributed by atoms with van der Waals surface area (Å²) in [7, 11) is 0. The fourth-order valence-electron chi connectivity index (χ4n) is 6.51. The van der Waals surface area contributed by atoms with Crippen LogP contribution in [0.4, 0.5) is 13.2 Å². The van der Waals surface area contributed by atoms with Crippen LogP contribution in [0.5, 0.6) is 0 Å². The van der Waals surface area contributed by atoms with Gasteiger partial charge in [-0.05, 0) is 94.0 Å². The minimum atomic E-state index is -4.67. The van der Waals surface area contributed by atoms with Gasteiger partial charge in [-0.3, -0.25) is 0 Å². The third-order valence-corrected chi connectivity index (χ3v) is 8.57. The molecule has 3 fully saturated rings. The Balaban J connectivity index is 1.49. The van der Waals surface area contributed by atoms with Crippen molar-refractivity contribution in [3.8, 4) is 0 Å². The van der Waals surface area contributed by atoms with E-state index in [2.05, 4.69) is 25.2 Å². The van der Waals surface area contributed by atoms with Crippen molar-refractivity contribution >= 4 is 0 Å². The highest BCUT2D eigenvalue weighted by atomic mass is 19.4. The molecule has 0 aromatic heterocycles. The second-order valence-corrected chi connectivity index (χ2v) is 11.2. The lowest BCUT2D eigenvalue weighted by Gasteiger charge is -2.43. The largest absolute Gasteiger partial charge is 0.420 e. The zero-order chi connectivity index (χ0) is 24.1. The lowest BCUT2D eigenvalue weighted by atomic mass is 9.61. The average molecular weight is 467 g/mol. The molecule has 0 bridgehead atoms. The van der Waals surface area contributed by atoms with E-state index >= 15 is 0 Å². The first kappa shape index (κ1) is 24.7. The minimum absolute atomic E-state index is 0.0189. The molecule has 184 valence electrons. The molecule has 33 heavy (non-hydrogen) atoms. The number of hydrogen-bond acceptors (Lipinski definition) is 3. The fraction of sp³-hybridized carbons (Fsp3) is 0.704. The van der Waals surface area contributed by atoms with Crippen LogP contribution in [0.3, 0.4) is 0 Å². The number of hydrogen-bond donors (Lipinski definition) is 3. The summed E-state index contributed by atoms with van der Waals surface area (Å²) < 4.78 is 39.0. The topological polar surface area (TPSA) is 60.7 Å². The predicted molar refractivity (Wildman–Crippen MR) is 122 cm³/mol. The first-order chi connectivity index (χ1) is 15.4. The van der Waals surface area contributed by atoms with E-state index < -0.39 is 24.0 Å². The molecule has 0 spiro atoms. The van der Waals surface area contributed by atoms with Gasteiger partial charge < -0.3 is 15.3 Å². The highest BCUT2D eigenvalue weighted by molar-refractivity contribution is 5.40. The molecule has 0 saturated heterocycles. The quantitative estimate of drug-likeness (QED) is 0.441. The smallest absolute Gasteiger partial charge is 0.393 e. The van der Waals surface area contributed by atoms with E-state index in [1.54, 1.807) is 0 Å². The van der Waals surface area contributed by atoms with Crippen molar-refractivity contribution in [2.45, 2.75) is 102 Å². The molecule has 3 unspecified atom stereocenters. The molecule has 0 aromatic rings. The van der Waals surface area contributed by atoms with Crippen molar-refractivity contribution < 1.29 is 28.5 Å². The van der Waals surface area contributed by atoms with Crippen LogP contribution in [0, 0.1) is 16.7 Å². The molecule has 0 amide bonds. The molecule has 0 aromatic carbocycles. The minimum Gasteiger partial charge on any atom is -0.393 e. The van der Waals surface area contributed by atoms with Gasteiger partial charge in [0.15, 0.2) is 5.60 Å². The molecule has 5 atom stereocenters. The Bertz CT molecular complexity index is 864. The molecule has 4 rings (SSSR count). The molecule has 0 aliphatic heterocycles. The van der Waals surface area contributed by atoms with Gasteiger partial charge in [0.1, 0.15) is 0 Å². The summed E-state index contributed by atoms with van der Waals surface area (Å²) in [6.07, 6.45) is 11.8. The summed E-state index contributed by atoms with van der Waals surface area (Å²) in [6, 6.07) is 0. The Kier molecular flexibility index (Phi) is 6.52. The Hall–Kier alpha value is -1.37. The molecule has 4 aliphatic rings. The van der Waals surface area contributed by atoms with Crippen molar-refractivity contribution in [3.63, 3.8) is 0 Å². The standard InChI is InChI=1S/C27H37F3O3/c1-24-10-3-5-19(7-6-18-15-20(31)17-21(32)16-18)22(24)8-9-23(24)26(13-14-26)12-4-11-25(2,33)27(28,29)30/h4,6-7,9,11,20-22,31-33H,3,5,8,10,12-17H2,1-2H3/b11-4-,18-6?,19-7+/t20-,21?,22?,24+,25?/m1/s1. The third-order valence-electron chi connectivity index (χ3n) is 8.57. The van der Waals surface area contributed by atoms with E-state index in [-0.39, 0.29) is 10.8 Å². The normalized spacial score (nSPS) is 38.4. The summed E-state index contributed by atoms with van der Waals surface area (Å²) in [5.41, 5.74) is 1.05. The summed E-state index contributed by atoms with van der Waals surface area (Å²) in [4.78, 5) is 0. The van der Waals surface area contributed by atoms with Crippen LogP contribution in [0.15, 0.2) is 47.1 Å². The number of alkyl halides is 3. The van der Waals surface area contributed by atoms with Gasteiger partial charge in [0.25, 0.3) is 0 Å². The molecule has 6 heteroatoms. The van der Waals surface area contributed by atoms with Gasteiger partial charge >= 0.3 is 6.18 Å². The fourth-order valence-corrected chi connectivity index (χ4v) is 6.51. The highest BCUT2D eigenvalue weighted by Crippen LogP contribution is 2.67. The predicted octanol–water partition coefficient (Wildman–Crippen LogP) is 5.92. The van der Waals surface area contributed by atoms with Gasteiger partial charge in [0.2, 0.25) is 0 Å². The molecule has 3 nitrogen and oxygen atoms in total. The Morgan fingerprint density at radius 1 is 1.09 bits per heavy atom. The summed E-state index contributed by atoms with van der Waals surface area (Å²) in [5, 5.41) is 29.7. The first-order valence-corrected chi connectivity index (χ1v) is 12.3. The van der Waals surface area contributed by atoms with Crippen LogP contribution in [-0.2, 0) is 0 Å². The van der Waals surface area contributed by atoms with E-state index in [1.165, 1.54) is 17.2 Å². The lowest BCUT2D eigenvalue weighted by Crippen LogP contribution is -2.40. The SMILES string of the molecule is CC(O)(/C=C\CC1(C2=CCC3/C(=C/C=C4CC(O)C[C@H](O)C4)CCC[C@]23C)CC1)C(F)(F)F. The Labute approximate surface area is 194 Å². The maximum Gasteiger partial charge on any atom is 0.420 e. The number of rotatable bonds is 5. The van der Waals surface area contributed by atoms with Crippen LogP contribution in [0.25, 0.3) is 0 Å².